The summed E-state index contributed by atoms with van der Waals surface area (Å²) in [5.74, 6) is -0.133. The lowest BCUT2D eigenvalue weighted by molar-refractivity contribution is -0.161. The van der Waals surface area contributed by atoms with E-state index < -0.39 is 5.60 Å². The summed E-state index contributed by atoms with van der Waals surface area (Å²) >= 11 is 0. The summed E-state index contributed by atoms with van der Waals surface area (Å²) in [6, 6.07) is 8.26. The maximum atomic E-state index is 12.1. The number of fused-ring (bicyclic) bond motifs is 1. The Bertz CT molecular complexity index is 462. The van der Waals surface area contributed by atoms with Gasteiger partial charge in [-0.2, -0.15) is 0 Å². The lowest BCUT2D eigenvalue weighted by atomic mass is 9.99. The molecule has 0 radical (unpaired) electrons. The second-order valence-corrected chi connectivity index (χ2v) is 6.20. The van der Waals surface area contributed by atoms with Gasteiger partial charge in [0, 0.05) is 13.1 Å². The van der Waals surface area contributed by atoms with Crippen LogP contribution in [0.5, 0.6) is 0 Å². The van der Waals surface area contributed by atoms with E-state index in [1.165, 1.54) is 11.1 Å². The molecule has 19 heavy (non-hydrogen) atoms. The molecule has 1 aromatic rings. The van der Waals surface area contributed by atoms with Gasteiger partial charge in [0.05, 0.1) is 0 Å². The van der Waals surface area contributed by atoms with Gasteiger partial charge >= 0.3 is 5.97 Å². The van der Waals surface area contributed by atoms with Crippen LogP contribution in [0.25, 0.3) is 0 Å². The number of rotatable bonds is 2. The lowest BCUT2D eigenvalue weighted by Crippen LogP contribution is -2.44. The van der Waals surface area contributed by atoms with Crippen molar-refractivity contribution < 1.29 is 9.53 Å². The first-order valence-electron chi connectivity index (χ1n) is 6.90. The molecule has 1 unspecified atom stereocenters. The molecule has 0 fully saturated rings. The van der Waals surface area contributed by atoms with Crippen molar-refractivity contribution in [3.8, 4) is 0 Å². The van der Waals surface area contributed by atoms with Gasteiger partial charge < -0.3 is 4.74 Å². The average molecular weight is 261 g/mol. The topological polar surface area (TPSA) is 29.5 Å². The van der Waals surface area contributed by atoms with Gasteiger partial charge in [0.1, 0.15) is 11.6 Å². The molecular weight excluding hydrogens is 238 g/mol. The number of carbonyl (C=O) groups is 1. The predicted molar refractivity (Wildman–Crippen MR) is 75.9 cm³/mol. The number of carbonyl (C=O) groups excluding carboxylic acids is 1. The molecule has 0 saturated heterocycles. The zero-order valence-electron chi connectivity index (χ0n) is 12.3. The van der Waals surface area contributed by atoms with Gasteiger partial charge in [-0.3, -0.25) is 9.69 Å². The van der Waals surface area contributed by atoms with Crippen molar-refractivity contribution in [2.75, 3.05) is 6.54 Å². The molecule has 0 saturated carbocycles. The summed E-state index contributed by atoms with van der Waals surface area (Å²) in [7, 11) is 0. The fourth-order valence-electron chi connectivity index (χ4n) is 2.38. The highest BCUT2D eigenvalue weighted by Crippen LogP contribution is 2.21. The van der Waals surface area contributed by atoms with Crippen molar-refractivity contribution >= 4 is 5.97 Å². The first kappa shape index (κ1) is 14.1. The Morgan fingerprint density at radius 2 is 1.89 bits per heavy atom. The number of nitrogens with zero attached hydrogens (tertiary/aromatic N) is 1. The van der Waals surface area contributed by atoms with Gasteiger partial charge in [-0.1, -0.05) is 24.3 Å². The highest BCUT2D eigenvalue weighted by molar-refractivity contribution is 5.75. The Morgan fingerprint density at radius 1 is 1.26 bits per heavy atom. The lowest BCUT2D eigenvalue weighted by Gasteiger charge is -2.33. The molecule has 0 aliphatic carbocycles. The van der Waals surface area contributed by atoms with E-state index in [1.54, 1.807) is 0 Å². The zero-order valence-corrected chi connectivity index (χ0v) is 12.3. The van der Waals surface area contributed by atoms with Crippen LogP contribution in [0.3, 0.4) is 0 Å². The van der Waals surface area contributed by atoms with Crippen LogP contribution in [-0.2, 0) is 22.5 Å². The predicted octanol–water partition coefficient (Wildman–Crippen LogP) is 2.77. The fraction of sp³-hybridized carbons (Fsp3) is 0.562. The number of esters is 1. The minimum atomic E-state index is -0.418. The Hall–Kier alpha value is -1.35. The molecule has 104 valence electrons. The van der Waals surface area contributed by atoms with Crippen molar-refractivity contribution in [2.24, 2.45) is 0 Å². The Labute approximate surface area is 115 Å². The molecule has 2 rings (SSSR count). The highest BCUT2D eigenvalue weighted by Gasteiger charge is 2.28. The number of ether oxygens (including phenoxy) is 1. The molecule has 3 nitrogen and oxygen atoms in total. The molecule has 1 aromatic carbocycles. The van der Waals surface area contributed by atoms with Gasteiger partial charge in [-0.25, -0.2) is 0 Å². The molecule has 0 aromatic heterocycles. The monoisotopic (exact) mass is 261 g/mol. The summed E-state index contributed by atoms with van der Waals surface area (Å²) in [5.41, 5.74) is 2.30. The van der Waals surface area contributed by atoms with Gasteiger partial charge in [-0.05, 0) is 45.2 Å². The third-order valence-corrected chi connectivity index (χ3v) is 3.46. The zero-order chi connectivity index (χ0) is 14.0. The van der Waals surface area contributed by atoms with Crippen LogP contribution in [0.1, 0.15) is 38.8 Å². The molecule has 1 atom stereocenters. The van der Waals surface area contributed by atoms with Gasteiger partial charge in [0.25, 0.3) is 0 Å². The van der Waals surface area contributed by atoms with E-state index in [1.807, 2.05) is 27.7 Å². The Kier molecular flexibility index (Phi) is 3.95. The quantitative estimate of drug-likeness (QED) is 0.767. The van der Waals surface area contributed by atoms with Crippen LogP contribution in [0.15, 0.2) is 24.3 Å². The van der Waals surface area contributed by atoms with Crippen LogP contribution in [0.4, 0.5) is 0 Å². The van der Waals surface area contributed by atoms with E-state index in [-0.39, 0.29) is 12.0 Å². The molecule has 0 N–H and O–H groups in total. The maximum Gasteiger partial charge on any atom is 0.323 e. The van der Waals surface area contributed by atoms with Crippen LogP contribution in [0, 0.1) is 0 Å². The Morgan fingerprint density at radius 3 is 2.53 bits per heavy atom. The highest BCUT2D eigenvalue weighted by atomic mass is 16.6. The summed E-state index contributed by atoms with van der Waals surface area (Å²) in [5, 5.41) is 0. The molecule has 0 amide bonds. The van der Waals surface area contributed by atoms with E-state index >= 15 is 0 Å². The Balaban J connectivity index is 2.02. The molecule has 1 aliphatic rings. The minimum absolute atomic E-state index is 0.133. The van der Waals surface area contributed by atoms with E-state index in [2.05, 4.69) is 29.2 Å². The van der Waals surface area contributed by atoms with Crippen LogP contribution < -0.4 is 0 Å². The fourth-order valence-corrected chi connectivity index (χ4v) is 2.38. The normalized spacial score (nSPS) is 17.7. The van der Waals surface area contributed by atoms with Gasteiger partial charge in [-0.15, -0.1) is 0 Å². The smallest absolute Gasteiger partial charge is 0.323 e. The molecule has 0 spiro atoms. The van der Waals surface area contributed by atoms with Crippen LogP contribution in [0.2, 0.25) is 0 Å². The van der Waals surface area contributed by atoms with Crippen LogP contribution in [-0.4, -0.2) is 29.1 Å². The van der Waals surface area contributed by atoms with E-state index in [0.717, 1.165) is 19.5 Å². The second-order valence-electron chi connectivity index (χ2n) is 6.20. The molecule has 1 heterocycles. The largest absolute Gasteiger partial charge is 0.459 e. The summed E-state index contributed by atoms with van der Waals surface area (Å²) < 4.78 is 5.46. The van der Waals surface area contributed by atoms with Crippen molar-refractivity contribution in [3.05, 3.63) is 35.4 Å². The standard InChI is InChI=1S/C16H23NO2/c1-12(15(18)19-16(2,3)4)17-10-9-13-7-5-6-8-14(13)11-17/h5-8,12H,9-11H2,1-4H3. The maximum absolute atomic E-state index is 12.1. The summed E-state index contributed by atoms with van der Waals surface area (Å²) in [4.78, 5) is 14.3. The first-order valence-corrected chi connectivity index (χ1v) is 6.90. The first-order chi connectivity index (χ1) is 8.87. The van der Waals surface area contributed by atoms with Crippen molar-refractivity contribution in [1.29, 1.82) is 0 Å². The van der Waals surface area contributed by atoms with Gasteiger partial charge in [0.2, 0.25) is 0 Å². The SMILES string of the molecule is CC(C(=O)OC(C)(C)C)N1CCc2ccccc2C1. The number of benzene rings is 1. The molecule has 3 heteroatoms. The van der Waals surface area contributed by atoms with Crippen molar-refractivity contribution in [2.45, 2.75) is 52.3 Å². The summed E-state index contributed by atoms with van der Waals surface area (Å²) in [6.45, 7) is 9.39. The third kappa shape index (κ3) is 3.57. The van der Waals surface area contributed by atoms with E-state index in [9.17, 15) is 4.79 Å². The van der Waals surface area contributed by atoms with E-state index in [4.69, 9.17) is 4.74 Å². The van der Waals surface area contributed by atoms with Crippen molar-refractivity contribution in [1.82, 2.24) is 4.90 Å². The van der Waals surface area contributed by atoms with Crippen molar-refractivity contribution in [3.63, 3.8) is 0 Å². The number of hydrogen-bond donors (Lipinski definition) is 0. The number of hydrogen-bond acceptors (Lipinski definition) is 3. The van der Waals surface area contributed by atoms with E-state index in [0.29, 0.717) is 0 Å². The molecule has 1 aliphatic heterocycles. The third-order valence-electron chi connectivity index (χ3n) is 3.46. The second kappa shape index (κ2) is 5.33. The average Bonchev–Trinajstić information content (AvgIpc) is 2.35. The minimum Gasteiger partial charge on any atom is -0.459 e. The molecule has 0 bridgehead atoms. The molecular formula is C16H23NO2. The van der Waals surface area contributed by atoms with Crippen LogP contribution >= 0.6 is 0 Å². The van der Waals surface area contributed by atoms with Gasteiger partial charge in [0.15, 0.2) is 0 Å². The summed E-state index contributed by atoms with van der Waals surface area (Å²) in [6.07, 6.45) is 1.00.